The van der Waals surface area contributed by atoms with Crippen LogP contribution in [0.3, 0.4) is 0 Å². The topological polar surface area (TPSA) is 61.5 Å². The molecule has 3 aromatic rings. The van der Waals surface area contributed by atoms with E-state index in [1.165, 1.54) is 11.1 Å². The van der Waals surface area contributed by atoms with Gasteiger partial charge in [-0.3, -0.25) is 4.52 Å². The van der Waals surface area contributed by atoms with E-state index in [4.69, 9.17) is 18.7 Å². The molecule has 0 amide bonds. The van der Waals surface area contributed by atoms with Gasteiger partial charge in [0, 0.05) is 22.9 Å². The van der Waals surface area contributed by atoms with Crippen LogP contribution < -0.4 is 10.3 Å². The summed E-state index contributed by atoms with van der Waals surface area (Å²) in [5.74, 6) is 0. The second kappa shape index (κ2) is 8.31. The highest BCUT2D eigenvalue weighted by Gasteiger charge is 2.25. The van der Waals surface area contributed by atoms with Crippen LogP contribution in [0, 0.1) is 0 Å². The van der Waals surface area contributed by atoms with E-state index in [9.17, 15) is 0 Å². The molecule has 1 aromatic heterocycles. The van der Waals surface area contributed by atoms with E-state index in [1.54, 1.807) is 0 Å². The Morgan fingerprint density at radius 1 is 0.774 bits per heavy atom. The smallest absolute Gasteiger partial charge is 0.387 e. The third-order valence-corrected chi connectivity index (χ3v) is 6.62. The van der Waals surface area contributed by atoms with Crippen LogP contribution in [-0.2, 0) is 16.2 Å². The van der Waals surface area contributed by atoms with Crippen molar-refractivity contribution in [3.8, 4) is 0 Å². The van der Waals surface area contributed by atoms with Crippen LogP contribution in [0.25, 0.3) is 21.9 Å². The fraction of sp³-hybridized carbons (Fsp3) is 0.538. The van der Waals surface area contributed by atoms with Crippen LogP contribution in [0.1, 0.15) is 79.0 Å². The third kappa shape index (κ3) is 5.19. The predicted molar refractivity (Wildman–Crippen MR) is 133 cm³/mol. The van der Waals surface area contributed by atoms with E-state index in [0.717, 1.165) is 27.5 Å². The Bertz CT molecular complexity index is 1130. The molecule has 0 saturated heterocycles. The standard InChI is InChI=1S/C26H38NO3P/c1-24(2,3)17-10-11-22-19(14-17)20-15-18(25(4,5)6)16-21(26(7,8)9)23(20)30-31(29-22)28-13-12-27/h10-11,14-16H,12-13,27H2,1-9H3. The first-order valence-electron chi connectivity index (χ1n) is 11.0. The van der Waals surface area contributed by atoms with E-state index in [2.05, 4.69) is 92.6 Å². The zero-order valence-electron chi connectivity index (χ0n) is 20.6. The highest BCUT2D eigenvalue weighted by Crippen LogP contribution is 2.42. The molecular formula is C26H38NO3P. The average Bonchev–Trinajstić information content (AvgIpc) is 2.79. The number of hydrogen-bond donors (Lipinski definition) is 1. The molecular weight excluding hydrogens is 405 g/mol. The van der Waals surface area contributed by atoms with Crippen LogP contribution in [-0.4, -0.2) is 13.2 Å². The van der Waals surface area contributed by atoms with Crippen LogP contribution >= 0.6 is 8.24 Å². The third-order valence-electron chi connectivity index (χ3n) is 5.55. The van der Waals surface area contributed by atoms with Crippen molar-refractivity contribution < 1.29 is 12.9 Å². The molecule has 170 valence electrons. The van der Waals surface area contributed by atoms with Crippen LogP contribution in [0.4, 0.5) is 0 Å². The Balaban J connectivity index is 2.57. The van der Waals surface area contributed by atoms with Crippen molar-refractivity contribution in [2.45, 2.75) is 78.6 Å². The van der Waals surface area contributed by atoms with Gasteiger partial charge in [0.25, 0.3) is 0 Å². The molecule has 1 atom stereocenters. The zero-order chi connectivity index (χ0) is 23.2. The molecule has 0 spiro atoms. The minimum atomic E-state index is -1.60. The lowest BCUT2D eigenvalue weighted by atomic mass is 9.79. The maximum Gasteiger partial charge on any atom is 0.387 e. The quantitative estimate of drug-likeness (QED) is 0.453. The van der Waals surface area contributed by atoms with Gasteiger partial charge in [0.05, 0.1) is 6.61 Å². The van der Waals surface area contributed by atoms with Crippen molar-refractivity contribution in [3.63, 3.8) is 0 Å². The minimum Gasteiger partial charge on any atom is -0.399 e. The fourth-order valence-electron chi connectivity index (χ4n) is 3.56. The van der Waals surface area contributed by atoms with E-state index in [-0.39, 0.29) is 16.2 Å². The number of benzene rings is 2. The molecule has 4 nitrogen and oxygen atoms in total. The second-order valence-corrected chi connectivity index (χ2v) is 12.5. The van der Waals surface area contributed by atoms with Gasteiger partial charge in [-0.15, -0.1) is 0 Å². The van der Waals surface area contributed by atoms with E-state index in [0.29, 0.717) is 13.2 Å². The van der Waals surface area contributed by atoms with Gasteiger partial charge in [0.2, 0.25) is 0 Å². The Morgan fingerprint density at radius 2 is 1.39 bits per heavy atom. The van der Waals surface area contributed by atoms with Gasteiger partial charge in [0.1, 0.15) is 11.2 Å². The maximum absolute atomic E-state index is 6.46. The summed E-state index contributed by atoms with van der Waals surface area (Å²) in [4.78, 5) is 0. The molecule has 5 heteroatoms. The summed E-state index contributed by atoms with van der Waals surface area (Å²) in [5.41, 5.74) is 11.0. The summed E-state index contributed by atoms with van der Waals surface area (Å²) >= 11 is 0. The lowest BCUT2D eigenvalue weighted by Crippen LogP contribution is -2.16. The van der Waals surface area contributed by atoms with Crippen LogP contribution in [0.2, 0.25) is 0 Å². The predicted octanol–water partition coefficient (Wildman–Crippen LogP) is 7.57. The monoisotopic (exact) mass is 443 g/mol. The number of fused-ring (bicyclic) bond motifs is 3. The van der Waals surface area contributed by atoms with Crippen LogP contribution in [0.15, 0.2) is 38.7 Å². The lowest BCUT2D eigenvalue weighted by Gasteiger charge is -2.25. The summed E-state index contributed by atoms with van der Waals surface area (Å²) < 4.78 is 18.6. The highest BCUT2D eigenvalue weighted by molar-refractivity contribution is 7.31. The van der Waals surface area contributed by atoms with Gasteiger partial charge < -0.3 is 14.1 Å². The molecule has 0 aliphatic carbocycles. The Morgan fingerprint density at radius 3 is 1.94 bits per heavy atom. The fourth-order valence-corrected chi connectivity index (χ4v) is 4.62. The van der Waals surface area contributed by atoms with Crippen LogP contribution in [0.5, 0.6) is 0 Å². The first-order valence-corrected chi connectivity index (χ1v) is 12.1. The summed E-state index contributed by atoms with van der Waals surface area (Å²) in [5, 5.41) is 2.13. The first kappa shape index (κ1) is 23.9. The molecule has 2 aromatic carbocycles. The molecule has 0 fully saturated rings. The number of nitrogens with two attached hydrogens (primary N) is 1. The van der Waals surface area contributed by atoms with Crippen molar-refractivity contribution in [2.75, 3.05) is 13.2 Å². The summed E-state index contributed by atoms with van der Waals surface area (Å²) in [7, 11) is -1.60. The molecule has 0 bridgehead atoms. The average molecular weight is 444 g/mol. The molecule has 0 aliphatic heterocycles. The zero-order valence-corrected chi connectivity index (χ0v) is 21.4. The van der Waals surface area contributed by atoms with Gasteiger partial charge in [-0.2, -0.15) is 0 Å². The normalized spacial score (nSPS) is 13.8. The molecule has 0 radical (unpaired) electrons. The molecule has 2 N–H and O–H groups in total. The van der Waals surface area contributed by atoms with Crippen molar-refractivity contribution in [1.82, 2.24) is 0 Å². The van der Waals surface area contributed by atoms with Crippen molar-refractivity contribution >= 4 is 30.2 Å². The molecule has 3 rings (SSSR count). The van der Waals surface area contributed by atoms with E-state index >= 15 is 0 Å². The van der Waals surface area contributed by atoms with E-state index < -0.39 is 8.24 Å². The molecule has 31 heavy (non-hydrogen) atoms. The SMILES string of the molecule is CC(C)(C)c1ccc2op(OCCN)oc3c(C(C)(C)C)cc(C(C)(C)C)cc3c2c1. The Hall–Kier alpha value is -1.74. The van der Waals surface area contributed by atoms with Gasteiger partial charge in [-0.05, 0) is 45.6 Å². The van der Waals surface area contributed by atoms with Gasteiger partial charge in [-0.1, -0.05) is 74.4 Å². The van der Waals surface area contributed by atoms with E-state index in [1.807, 2.05) is 0 Å². The van der Waals surface area contributed by atoms with Crippen molar-refractivity contribution in [1.29, 1.82) is 0 Å². The molecule has 1 unspecified atom stereocenters. The first-order chi connectivity index (χ1) is 14.2. The Labute approximate surface area is 187 Å². The minimum absolute atomic E-state index is 0.00474. The lowest BCUT2D eigenvalue weighted by molar-refractivity contribution is 0.381. The number of hydrogen-bond acceptors (Lipinski definition) is 4. The van der Waals surface area contributed by atoms with Crippen molar-refractivity contribution in [3.05, 3.63) is 47.0 Å². The van der Waals surface area contributed by atoms with Gasteiger partial charge >= 0.3 is 8.24 Å². The molecule has 0 saturated carbocycles. The van der Waals surface area contributed by atoms with Gasteiger partial charge in [0.15, 0.2) is 0 Å². The highest BCUT2D eigenvalue weighted by atomic mass is 31.1. The van der Waals surface area contributed by atoms with Crippen molar-refractivity contribution in [2.24, 2.45) is 5.73 Å². The molecule has 0 aliphatic rings. The maximum atomic E-state index is 6.46. The summed E-state index contributed by atoms with van der Waals surface area (Å²) in [6.45, 7) is 20.9. The summed E-state index contributed by atoms with van der Waals surface area (Å²) in [6.07, 6.45) is 0. The number of rotatable bonds is 3. The largest absolute Gasteiger partial charge is 0.399 e. The van der Waals surface area contributed by atoms with Gasteiger partial charge in [-0.25, -0.2) is 0 Å². The second-order valence-electron chi connectivity index (χ2n) is 11.4. The summed E-state index contributed by atoms with van der Waals surface area (Å²) in [6, 6.07) is 11.0. The Kier molecular flexibility index (Phi) is 6.41. The molecule has 1 heterocycles.